The van der Waals surface area contributed by atoms with Crippen LogP contribution in [0.2, 0.25) is 0 Å². The number of benzene rings is 1. The third kappa shape index (κ3) is 2.69. The maximum Gasteiger partial charge on any atom is 0.416 e. The second kappa shape index (κ2) is 5.00. The Hall–Kier alpha value is -2.15. The van der Waals surface area contributed by atoms with Crippen LogP contribution in [-0.4, -0.2) is 14.5 Å². The zero-order valence-corrected chi connectivity index (χ0v) is 11.5. The lowest BCUT2D eigenvalue weighted by molar-refractivity contribution is -0.137. The van der Waals surface area contributed by atoms with Crippen LogP contribution >= 0.6 is 12.2 Å². The van der Waals surface area contributed by atoms with Crippen molar-refractivity contribution in [3.63, 3.8) is 0 Å². The Balaban J connectivity index is 2.03. The van der Waals surface area contributed by atoms with Crippen molar-refractivity contribution >= 4 is 23.3 Å². The number of rotatable bonds is 2. The van der Waals surface area contributed by atoms with E-state index in [1.165, 1.54) is 6.07 Å². The van der Waals surface area contributed by atoms with Gasteiger partial charge in [-0.2, -0.15) is 13.2 Å². The average molecular weight is 309 g/mol. The molecule has 0 radical (unpaired) electrons. The van der Waals surface area contributed by atoms with Crippen molar-refractivity contribution in [3.8, 4) is 0 Å². The first-order valence-electron chi connectivity index (χ1n) is 6.14. The number of nitrogens with zero attached hydrogens (tertiary/aromatic N) is 2. The molecule has 0 aliphatic heterocycles. The van der Waals surface area contributed by atoms with E-state index in [-0.39, 0.29) is 6.54 Å². The lowest BCUT2D eigenvalue weighted by Gasteiger charge is -2.09. The number of aromatic nitrogens is 3. The van der Waals surface area contributed by atoms with E-state index >= 15 is 0 Å². The number of fused-ring (bicyclic) bond motifs is 1. The standard InChI is InChI=1S/C14H10F3N3S/c15-14(16,17)10-3-1-2-9(6-10)8-20-12-4-5-18-7-11(12)19-13(20)21/h1-7H,8H2,(H,19,21). The molecule has 0 saturated carbocycles. The quantitative estimate of drug-likeness (QED) is 0.721. The number of hydrogen-bond acceptors (Lipinski definition) is 2. The number of H-pyrrole nitrogens is 1. The summed E-state index contributed by atoms with van der Waals surface area (Å²) >= 11 is 5.22. The molecular formula is C14H10F3N3S. The second-order valence-corrected chi connectivity index (χ2v) is 4.99. The molecule has 3 nitrogen and oxygen atoms in total. The van der Waals surface area contributed by atoms with E-state index in [1.807, 2.05) is 0 Å². The molecule has 0 unspecified atom stereocenters. The second-order valence-electron chi connectivity index (χ2n) is 4.61. The summed E-state index contributed by atoms with van der Waals surface area (Å²) in [5.41, 5.74) is 1.45. The fraction of sp³-hybridized carbons (Fsp3) is 0.143. The van der Waals surface area contributed by atoms with Gasteiger partial charge in [-0.25, -0.2) is 0 Å². The lowest BCUT2D eigenvalue weighted by atomic mass is 10.1. The molecule has 1 N–H and O–H groups in total. The van der Waals surface area contributed by atoms with Crippen molar-refractivity contribution in [2.75, 3.05) is 0 Å². The van der Waals surface area contributed by atoms with Gasteiger partial charge in [-0.05, 0) is 36.0 Å². The Bertz CT molecular complexity index is 848. The molecule has 3 rings (SSSR count). The maximum atomic E-state index is 12.7. The molecule has 0 spiro atoms. The molecule has 0 bridgehead atoms. The third-order valence-corrected chi connectivity index (χ3v) is 3.49. The molecule has 1 aromatic carbocycles. The molecule has 7 heteroatoms. The normalized spacial score (nSPS) is 12.0. The van der Waals surface area contributed by atoms with Gasteiger partial charge in [-0.15, -0.1) is 0 Å². The highest BCUT2D eigenvalue weighted by molar-refractivity contribution is 7.71. The SMILES string of the molecule is FC(F)(F)c1cccc(Cn2c(=S)[nH]c3cnccc32)c1. The van der Waals surface area contributed by atoms with Crippen molar-refractivity contribution < 1.29 is 13.2 Å². The summed E-state index contributed by atoms with van der Waals surface area (Å²) in [6, 6.07) is 7.02. The van der Waals surface area contributed by atoms with Gasteiger partial charge in [0.15, 0.2) is 4.77 Å². The first-order valence-corrected chi connectivity index (χ1v) is 6.54. The first kappa shape index (κ1) is 13.8. The monoisotopic (exact) mass is 309 g/mol. The van der Waals surface area contributed by atoms with Crippen molar-refractivity contribution in [2.24, 2.45) is 0 Å². The van der Waals surface area contributed by atoms with E-state index in [4.69, 9.17) is 12.2 Å². The first-order chi connectivity index (χ1) is 9.95. The summed E-state index contributed by atoms with van der Waals surface area (Å²) in [4.78, 5) is 6.97. The van der Waals surface area contributed by atoms with E-state index in [0.717, 1.165) is 23.2 Å². The summed E-state index contributed by atoms with van der Waals surface area (Å²) < 4.78 is 40.4. The topological polar surface area (TPSA) is 33.6 Å². The van der Waals surface area contributed by atoms with E-state index in [0.29, 0.717) is 10.3 Å². The summed E-state index contributed by atoms with van der Waals surface area (Å²) in [5, 5.41) is 0. The minimum Gasteiger partial charge on any atom is -0.329 e. The van der Waals surface area contributed by atoms with Crippen molar-refractivity contribution in [2.45, 2.75) is 12.7 Å². The van der Waals surface area contributed by atoms with Crippen molar-refractivity contribution in [1.82, 2.24) is 14.5 Å². The van der Waals surface area contributed by atoms with E-state index in [9.17, 15) is 13.2 Å². The van der Waals surface area contributed by atoms with Gasteiger partial charge in [0, 0.05) is 6.20 Å². The Morgan fingerprint density at radius 3 is 2.81 bits per heavy atom. The van der Waals surface area contributed by atoms with Gasteiger partial charge < -0.3 is 9.55 Å². The molecule has 21 heavy (non-hydrogen) atoms. The molecule has 0 aliphatic carbocycles. The average Bonchev–Trinajstić information content (AvgIpc) is 2.75. The fourth-order valence-electron chi connectivity index (χ4n) is 2.20. The minimum atomic E-state index is -4.35. The summed E-state index contributed by atoms with van der Waals surface area (Å²) in [6.07, 6.45) is -1.09. The van der Waals surface area contributed by atoms with Gasteiger partial charge >= 0.3 is 6.18 Å². The van der Waals surface area contributed by atoms with E-state index in [1.54, 1.807) is 29.1 Å². The van der Waals surface area contributed by atoms with Crippen LogP contribution in [0.25, 0.3) is 11.0 Å². The van der Waals surface area contributed by atoms with Crippen LogP contribution in [-0.2, 0) is 12.7 Å². The van der Waals surface area contributed by atoms with Gasteiger partial charge in [0.05, 0.1) is 29.3 Å². The van der Waals surface area contributed by atoms with Crippen molar-refractivity contribution in [3.05, 3.63) is 58.6 Å². The summed E-state index contributed by atoms with van der Waals surface area (Å²) in [5.74, 6) is 0. The van der Waals surface area contributed by atoms with Gasteiger partial charge in [0.2, 0.25) is 0 Å². The van der Waals surface area contributed by atoms with Crippen LogP contribution in [0.5, 0.6) is 0 Å². The van der Waals surface area contributed by atoms with Crippen LogP contribution in [0.15, 0.2) is 42.7 Å². The number of alkyl halides is 3. The van der Waals surface area contributed by atoms with Gasteiger partial charge in [0.1, 0.15) is 0 Å². The Kier molecular flexibility index (Phi) is 3.29. The number of nitrogens with one attached hydrogen (secondary N) is 1. The molecule has 0 amide bonds. The highest BCUT2D eigenvalue weighted by atomic mass is 32.1. The molecule has 0 saturated heterocycles. The molecule has 0 aliphatic rings. The number of pyridine rings is 1. The summed E-state index contributed by atoms with van der Waals surface area (Å²) in [6.45, 7) is 0.271. The van der Waals surface area contributed by atoms with E-state index in [2.05, 4.69) is 9.97 Å². The molecule has 2 aromatic heterocycles. The zero-order chi connectivity index (χ0) is 15.0. The Morgan fingerprint density at radius 1 is 1.24 bits per heavy atom. The van der Waals surface area contributed by atoms with Crippen LogP contribution in [0.4, 0.5) is 13.2 Å². The minimum absolute atomic E-state index is 0.271. The zero-order valence-electron chi connectivity index (χ0n) is 10.7. The van der Waals surface area contributed by atoms with Crippen LogP contribution in [0.3, 0.4) is 0 Å². The van der Waals surface area contributed by atoms with Gasteiger partial charge in [-0.1, -0.05) is 12.1 Å². The van der Waals surface area contributed by atoms with E-state index < -0.39 is 11.7 Å². The molecule has 108 valence electrons. The number of halogens is 3. The third-order valence-electron chi connectivity index (χ3n) is 3.17. The van der Waals surface area contributed by atoms with Crippen molar-refractivity contribution in [1.29, 1.82) is 0 Å². The largest absolute Gasteiger partial charge is 0.416 e. The number of hydrogen-bond donors (Lipinski definition) is 1. The maximum absolute atomic E-state index is 12.7. The highest BCUT2D eigenvalue weighted by Crippen LogP contribution is 2.29. The van der Waals surface area contributed by atoms with Gasteiger partial charge in [0.25, 0.3) is 0 Å². The predicted octanol–water partition coefficient (Wildman–Crippen LogP) is 4.16. The lowest BCUT2D eigenvalue weighted by Crippen LogP contribution is -2.07. The van der Waals surface area contributed by atoms with Crippen LogP contribution in [0.1, 0.15) is 11.1 Å². The predicted molar refractivity (Wildman–Crippen MR) is 75.5 cm³/mol. The molecule has 3 aromatic rings. The van der Waals surface area contributed by atoms with Gasteiger partial charge in [-0.3, -0.25) is 4.98 Å². The summed E-state index contributed by atoms with van der Waals surface area (Å²) in [7, 11) is 0. The molecule has 2 heterocycles. The van der Waals surface area contributed by atoms with Crippen LogP contribution < -0.4 is 0 Å². The highest BCUT2D eigenvalue weighted by Gasteiger charge is 2.30. The number of aromatic amines is 1. The van der Waals surface area contributed by atoms with Crippen LogP contribution in [0, 0.1) is 4.77 Å². The Morgan fingerprint density at radius 2 is 2.05 bits per heavy atom. The molecule has 0 fully saturated rings. The fourth-order valence-corrected chi connectivity index (χ4v) is 2.47. The molecule has 0 atom stereocenters. The smallest absolute Gasteiger partial charge is 0.329 e. The molecular weight excluding hydrogens is 299 g/mol. The Labute approximate surface area is 123 Å². The number of imidazole rings is 1.